The Kier molecular flexibility index (Phi) is 6.44. The van der Waals surface area contributed by atoms with E-state index in [-0.39, 0.29) is 6.10 Å². The van der Waals surface area contributed by atoms with Gasteiger partial charge in [0.2, 0.25) is 0 Å². The molecule has 0 amide bonds. The van der Waals surface area contributed by atoms with Crippen LogP contribution in [0.5, 0.6) is 0 Å². The molecule has 1 atom stereocenters. The zero-order valence-electron chi connectivity index (χ0n) is 18.6. The summed E-state index contributed by atoms with van der Waals surface area (Å²) in [5.41, 5.74) is 0.161. The molecule has 0 saturated carbocycles. The predicted octanol–water partition coefficient (Wildman–Crippen LogP) is 5.34. The van der Waals surface area contributed by atoms with Crippen molar-refractivity contribution in [1.82, 2.24) is 4.90 Å². The van der Waals surface area contributed by atoms with Gasteiger partial charge in [0.15, 0.2) is 5.60 Å². The van der Waals surface area contributed by atoms with Gasteiger partial charge in [-0.05, 0) is 48.2 Å². The van der Waals surface area contributed by atoms with Crippen molar-refractivity contribution in [2.45, 2.75) is 37.6 Å². The number of furan rings is 2. The SMILES string of the molecule is OC(c1ccccc1)(c1ccccc1)c1ccc(CN(Cc2ccco2)C[C@H]2CCCO2)o1. The molecule has 0 spiro atoms. The average molecular weight is 444 g/mol. The topological polar surface area (TPSA) is 59.0 Å². The number of benzene rings is 2. The lowest BCUT2D eigenvalue weighted by atomic mass is 9.84. The Labute approximate surface area is 194 Å². The van der Waals surface area contributed by atoms with Crippen molar-refractivity contribution in [3.05, 3.63) is 120 Å². The number of hydrogen-bond acceptors (Lipinski definition) is 5. The third-order valence-electron chi connectivity index (χ3n) is 6.23. The van der Waals surface area contributed by atoms with Gasteiger partial charge in [0.05, 0.1) is 25.5 Å². The summed E-state index contributed by atoms with van der Waals surface area (Å²) >= 11 is 0. The Morgan fingerprint density at radius 1 is 0.818 bits per heavy atom. The maximum atomic E-state index is 12.0. The van der Waals surface area contributed by atoms with Crippen LogP contribution >= 0.6 is 0 Å². The van der Waals surface area contributed by atoms with E-state index < -0.39 is 5.60 Å². The van der Waals surface area contributed by atoms with Crippen LogP contribution in [0.3, 0.4) is 0 Å². The lowest BCUT2D eigenvalue weighted by molar-refractivity contribution is 0.0606. The van der Waals surface area contributed by atoms with E-state index in [4.69, 9.17) is 13.6 Å². The molecule has 0 bridgehead atoms. The highest BCUT2D eigenvalue weighted by Gasteiger charge is 2.37. The summed E-state index contributed by atoms with van der Waals surface area (Å²) in [6, 6.07) is 27.0. The second-order valence-corrected chi connectivity index (χ2v) is 8.59. The molecular weight excluding hydrogens is 414 g/mol. The van der Waals surface area contributed by atoms with E-state index in [9.17, 15) is 5.11 Å². The number of rotatable bonds is 9. The van der Waals surface area contributed by atoms with Crippen LogP contribution < -0.4 is 0 Å². The normalized spacial score (nSPS) is 16.5. The van der Waals surface area contributed by atoms with Crippen molar-refractivity contribution in [2.75, 3.05) is 13.2 Å². The summed E-state index contributed by atoms with van der Waals surface area (Å²) in [6.45, 7) is 2.90. The molecule has 0 unspecified atom stereocenters. The summed E-state index contributed by atoms with van der Waals surface area (Å²) in [7, 11) is 0. The fourth-order valence-corrected chi connectivity index (χ4v) is 4.57. The predicted molar refractivity (Wildman–Crippen MR) is 125 cm³/mol. The monoisotopic (exact) mass is 443 g/mol. The van der Waals surface area contributed by atoms with Gasteiger partial charge in [-0.2, -0.15) is 0 Å². The number of hydrogen-bond donors (Lipinski definition) is 1. The van der Waals surface area contributed by atoms with E-state index in [0.29, 0.717) is 18.8 Å². The van der Waals surface area contributed by atoms with Gasteiger partial charge in [0.1, 0.15) is 17.3 Å². The standard InChI is InChI=1S/C28H29NO4/c30-28(22-9-3-1-4-10-22,23-11-5-2-6-12-23)27-16-15-26(33-27)21-29(19-24-13-7-17-31-24)20-25-14-8-18-32-25/h1-7,9-13,15-17,25,30H,8,14,18-21H2/t25-/m1/s1. The van der Waals surface area contributed by atoms with Crippen molar-refractivity contribution in [3.8, 4) is 0 Å². The van der Waals surface area contributed by atoms with Gasteiger partial charge in [0, 0.05) is 13.2 Å². The molecule has 2 aromatic carbocycles. The van der Waals surface area contributed by atoms with Crippen molar-refractivity contribution >= 4 is 0 Å². The van der Waals surface area contributed by atoms with Crippen LogP contribution in [0.2, 0.25) is 0 Å². The molecule has 1 aliphatic rings. The third-order valence-corrected chi connectivity index (χ3v) is 6.23. The lowest BCUT2D eigenvalue weighted by Crippen LogP contribution is -2.31. The Balaban J connectivity index is 1.43. The quantitative estimate of drug-likeness (QED) is 0.378. The summed E-state index contributed by atoms with van der Waals surface area (Å²) in [5, 5.41) is 12.0. The third kappa shape index (κ3) is 4.81. The number of ether oxygens (including phenoxy) is 1. The first-order valence-corrected chi connectivity index (χ1v) is 11.5. The van der Waals surface area contributed by atoms with Crippen LogP contribution in [0.4, 0.5) is 0 Å². The van der Waals surface area contributed by atoms with Gasteiger partial charge in [-0.3, -0.25) is 4.90 Å². The van der Waals surface area contributed by atoms with Crippen molar-refractivity contribution in [2.24, 2.45) is 0 Å². The molecule has 1 saturated heterocycles. The first-order chi connectivity index (χ1) is 16.2. The molecule has 170 valence electrons. The fourth-order valence-electron chi connectivity index (χ4n) is 4.57. The molecule has 1 N–H and O–H groups in total. The van der Waals surface area contributed by atoms with Crippen molar-refractivity contribution in [3.63, 3.8) is 0 Å². The molecule has 5 heteroatoms. The minimum absolute atomic E-state index is 0.222. The van der Waals surface area contributed by atoms with Gasteiger partial charge >= 0.3 is 0 Å². The first-order valence-electron chi connectivity index (χ1n) is 11.5. The largest absolute Gasteiger partial charge is 0.468 e. The highest BCUT2D eigenvalue weighted by Crippen LogP contribution is 2.37. The fraction of sp³-hybridized carbons (Fsp3) is 0.286. The molecule has 3 heterocycles. The van der Waals surface area contributed by atoms with Crippen LogP contribution in [-0.4, -0.2) is 29.3 Å². The van der Waals surface area contributed by atoms with E-state index in [0.717, 1.165) is 48.6 Å². The van der Waals surface area contributed by atoms with Crippen LogP contribution in [0.25, 0.3) is 0 Å². The highest BCUT2D eigenvalue weighted by atomic mass is 16.5. The summed E-state index contributed by atoms with van der Waals surface area (Å²) in [5.74, 6) is 2.20. The van der Waals surface area contributed by atoms with Gasteiger partial charge < -0.3 is 18.7 Å². The summed E-state index contributed by atoms with van der Waals surface area (Å²) in [6.07, 6.45) is 4.09. The molecule has 4 aromatic rings. The van der Waals surface area contributed by atoms with Gasteiger partial charge in [-0.15, -0.1) is 0 Å². The summed E-state index contributed by atoms with van der Waals surface area (Å²) in [4.78, 5) is 2.28. The van der Waals surface area contributed by atoms with E-state index >= 15 is 0 Å². The van der Waals surface area contributed by atoms with Gasteiger partial charge in [-0.25, -0.2) is 0 Å². The Morgan fingerprint density at radius 3 is 2.12 bits per heavy atom. The molecule has 0 radical (unpaired) electrons. The maximum absolute atomic E-state index is 12.0. The molecule has 5 nitrogen and oxygen atoms in total. The van der Waals surface area contributed by atoms with E-state index in [1.54, 1.807) is 6.26 Å². The molecule has 33 heavy (non-hydrogen) atoms. The second kappa shape index (κ2) is 9.79. The second-order valence-electron chi connectivity index (χ2n) is 8.59. The minimum atomic E-state index is -1.37. The zero-order chi connectivity index (χ0) is 22.5. The number of nitrogens with zero attached hydrogens (tertiary/aromatic N) is 1. The average Bonchev–Trinajstić information content (AvgIpc) is 3.64. The molecule has 1 fully saturated rings. The van der Waals surface area contributed by atoms with E-state index in [2.05, 4.69) is 4.90 Å². The van der Waals surface area contributed by atoms with Crippen LogP contribution in [0, 0.1) is 0 Å². The van der Waals surface area contributed by atoms with E-state index in [1.807, 2.05) is 84.9 Å². The molecule has 0 aliphatic carbocycles. The molecule has 1 aliphatic heterocycles. The van der Waals surface area contributed by atoms with Crippen LogP contribution in [0.15, 0.2) is 100 Å². The smallest absolute Gasteiger partial charge is 0.173 e. The minimum Gasteiger partial charge on any atom is -0.468 e. The zero-order valence-corrected chi connectivity index (χ0v) is 18.6. The van der Waals surface area contributed by atoms with Gasteiger partial charge in [0.25, 0.3) is 0 Å². The molecule has 5 rings (SSSR count). The van der Waals surface area contributed by atoms with Crippen LogP contribution in [-0.2, 0) is 23.4 Å². The van der Waals surface area contributed by atoms with Gasteiger partial charge in [-0.1, -0.05) is 60.7 Å². The summed E-state index contributed by atoms with van der Waals surface area (Å²) < 4.78 is 17.8. The van der Waals surface area contributed by atoms with Crippen LogP contribution in [0.1, 0.15) is 41.2 Å². The van der Waals surface area contributed by atoms with E-state index in [1.165, 1.54) is 0 Å². The Morgan fingerprint density at radius 2 is 1.52 bits per heavy atom. The highest BCUT2D eigenvalue weighted by molar-refractivity contribution is 5.43. The molecule has 2 aromatic heterocycles. The lowest BCUT2D eigenvalue weighted by Gasteiger charge is -2.27. The van der Waals surface area contributed by atoms with Crippen molar-refractivity contribution in [1.29, 1.82) is 0 Å². The first kappa shape index (κ1) is 21.7. The maximum Gasteiger partial charge on any atom is 0.173 e. The Bertz CT molecular complexity index is 1080. The Hall–Kier alpha value is -3.12. The number of aliphatic hydroxyl groups is 1. The molecular formula is C28H29NO4. The van der Waals surface area contributed by atoms with Crippen molar-refractivity contribution < 1.29 is 18.7 Å².